The molecule has 0 unspecified atom stereocenters. The highest BCUT2D eigenvalue weighted by Crippen LogP contribution is 2.25. The van der Waals surface area contributed by atoms with Crippen LogP contribution in [0, 0.1) is 0 Å². The van der Waals surface area contributed by atoms with E-state index in [0.29, 0.717) is 29.6 Å². The lowest BCUT2D eigenvalue weighted by molar-refractivity contribution is 0.477. The second-order valence-electron chi connectivity index (χ2n) is 6.61. The lowest BCUT2D eigenvalue weighted by Gasteiger charge is -2.16. The van der Waals surface area contributed by atoms with Crippen molar-refractivity contribution in [2.45, 2.75) is 24.3 Å². The van der Waals surface area contributed by atoms with Crippen molar-refractivity contribution in [3.05, 3.63) is 65.2 Å². The minimum atomic E-state index is -3.42. The zero-order valence-corrected chi connectivity index (χ0v) is 16.3. The van der Waals surface area contributed by atoms with Gasteiger partial charge in [0.2, 0.25) is 10.0 Å². The first kappa shape index (κ1) is 18.2. The molecule has 1 saturated heterocycles. The van der Waals surface area contributed by atoms with Crippen LogP contribution in [0.4, 0.5) is 5.82 Å². The Morgan fingerprint density at radius 2 is 1.81 bits per heavy atom. The van der Waals surface area contributed by atoms with Gasteiger partial charge in [-0.2, -0.15) is 4.31 Å². The lowest BCUT2D eigenvalue weighted by Crippen LogP contribution is -2.27. The van der Waals surface area contributed by atoms with Crippen molar-refractivity contribution in [3.8, 4) is 0 Å². The fourth-order valence-electron chi connectivity index (χ4n) is 3.27. The lowest BCUT2D eigenvalue weighted by atomic mass is 10.2. The van der Waals surface area contributed by atoms with Crippen LogP contribution in [0.2, 0.25) is 5.02 Å². The molecule has 3 aromatic rings. The second-order valence-corrected chi connectivity index (χ2v) is 8.95. The Balaban J connectivity index is 1.56. The topological polar surface area (TPSA) is 62.3 Å². The maximum absolute atomic E-state index is 12.7. The van der Waals surface area contributed by atoms with E-state index in [1.165, 1.54) is 0 Å². The molecule has 0 radical (unpaired) electrons. The van der Waals surface area contributed by atoms with Gasteiger partial charge in [0.15, 0.2) is 0 Å². The Bertz CT molecular complexity index is 1080. The average Bonchev–Trinajstić information content (AvgIpc) is 3.22. The van der Waals surface area contributed by atoms with Crippen LogP contribution in [-0.4, -0.2) is 30.8 Å². The molecule has 1 N–H and O–H groups in total. The number of sulfonamides is 1. The molecule has 1 aromatic heterocycles. The third-order valence-electron chi connectivity index (χ3n) is 4.78. The molecule has 0 saturated carbocycles. The summed E-state index contributed by atoms with van der Waals surface area (Å²) in [5.41, 5.74) is 1.74. The van der Waals surface area contributed by atoms with Gasteiger partial charge in [0.25, 0.3) is 0 Å². The number of hydrogen-bond acceptors (Lipinski definition) is 4. The SMILES string of the molecule is O=S(=O)(c1ccc2nc(NCc3ccccc3Cl)ccc2c1)N1CCCC1. The van der Waals surface area contributed by atoms with Crippen molar-refractivity contribution in [1.82, 2.24) is 9.29 Å². The average molecular weight is 402 g/mol. The molecule has 2 heterocycles. The Morgan fingerprint density at radius 1 is 1.04 bits per heavy atom. The van der Waals surface area contributed by atoms with E-state index in [1.54, 1.807) is 22.5 Å². The minimum Gasteiger partial charge on any atom is -0.366 e. The first-order valence-corrected chi connectivity index (χ1v) is 10.7. The van der Waals surface area contributed by atoms with E-state index in [2.05, 4.69) is 10.3 Å². The first-order chi connectivity index (χ1) is 13.0. The number of anilines is 1. The van der Waals surface area contributed by atoms with E-state index in [9.17, 15) is 8.42 Å². The summed E-state index contributed by atoms with van der Waals surface area (Å²) in [5.74, 6) is 0.720. The normalized spacial score (nSPS) is 15.3. The summed E-state index contributed by atoms with van der Waals surface area (Å²) in [6.07, 6.45) is 1.85. The van der Waals surface area contributed by atoms with Crippen molar-refractivity contribution in [2.24, 2.45) is 0 Å². The number of halogens is 1. The van der Waals surface area contributed by atoms with Gasteiger partial charge in [-0.05, 0) is 54.8 Å². The number of benzene rings is 2. The number of nitrogens with one attached hydrogen (secondary N) is 1. The predicted molar refractivity (Wildman–Crippen MR) is 109 cm³/mol. The monoisotopic (exact) mass is 401 g/mol. The summed E-state index contributed by atoms with van der Waals surface area (Å²) in [4.78, 5) is 4.91. The van der Waals surface area contributed by atoms with Gasteiger partial charge in [-0.1, -0.05) is 29.8 Å². The molecule has 0 amide bonds. The molecule has 0 spiro atoms. The highest BCUT2D eigenvalue weighted by atomic mass is 35.5. The van der Waals surface area contributed by atoms with Crippen LogP contribution in [-0.2, 0) is 16.6 Å². The molecule has 2 aromatic carbocycles. The summed E-state index contributed by atoms with van der Waals surface area (Å²) < 4.78 is 27.0. The third-order valence-corrected chi connectivity index (χ3v) is 7.04. The van der Waals surface area contributed by atoms with Gasteiger partial charge in [-0.3, -0.25) is 0 Å². The third kappa shape index (κ3) is 3.78. The van der Waals surface area contributed by atoms with E-state index >= 15 is 0 Å². The van der Waals surface area contributed by atoms with E-state index in [1.807, 2.05) is 36.4 Å². The molecule has 0 bridgehead atoms. The molecule has 1 aliphatic heterocycles. The molecule has 0 aliphatic carbocycles. The van der Waals surface area contributed by atoms with Crippen LogP contribution < -0.4 is 5.32 Å². The Labute approximate surface area is 164 Å². The van der Waals surface area contributed by atoms with Crippen molar-refractivity contribution in [2.75, 3.05) is 18.4 Å². The number of pyridine rings is 1. The zero-order chi connectivity index (χ0) is 18.9. The van der Waals surface area contributed by atoms with Gasteiger partial charge in [0.1, 0.15) is 5.82 Å². The Morgan fingerprint density at radius 3 is 2.59 bits per heavy atom. The largest absolute Gasteiger partial charge is 0.366 e. The van der Waals surface area contributed by atoms with Gasteiger partial charge < -0.3 is 5.32 Å². The van der Waals surface area contributed by atoms with Crippen molar-refractivity contribution in [1.29, 1.82) is 0 Å². The smallest absolute Gasteiger partial charge is 0.243 e. The molecule has 4 rings (SSSR count). The van der Waals surface area contributed by atoms with Crippen LogP contribution in [0.25, 0.3) is 10.9 Å². The Hall–Kier alpha value is -2.15. The van der Waals surface area contributed by atoms with Crippen molar-refractivity contribution in [3.63, 3.8) is 0 Å². The van der Waals surface area contributed by atoms with Gasteiger partial charge in [0.05, 0.1) is 10.4 Å². The maximum Gasteiger partial charge on any atom is 0.243 e. The van der Waals surface area contributed by atoms with Crippen LogP contribution in [0.15, 0.2) is 59.5 Å². The highest BCUT2D eigenvalue weighted by Gasteiger charge is 2.27. The quantitative estimate of drug-likeness (QED) is 0.692. The van der Waals surface area contributed by atoms with Gasteiger partial charge in [0, 0.05) is 30.0 Å². The molecular formula is C20H20ClN3O2S. The number of hydrogen-bond donors (Lipinski definition) is 1. The minimum absolute atomic E-state index is 0.329. The molecule has 5 nitrogen and oxygen atoms in total. The molecule has 7 heteroatoms. The zero-order valence-electron chi connectivity index (χ0n) is 14.7. The van der Waals surface area contributed by atoms with Crippen LogP contribution in [0.3, 0.4) is 0 Å². The number of nitrogens with zero attached hydrogens (tertiary/aromatic N) is 2. The number of fused-ring (bicyclic) bond motifs is 1. The first-order valence-electron chi connectivity index (χ1n) is 8.92. The van der Waals surface area contributed by atoms with E-state index in [-0.39, 0.29) is 0 Å². The second kappa shape index (κ2) is 7.46. The summed E-state index contributed by atoms with van der Waals surface area (Å²) in [6.45, 7) is 1.77. The van der Waals surface area contributed by atoms with Crippen LogP contribution in [0.1, 0.15) is 18.4 Å². The van der Waals surface area contributed by atoms with Gasteiger partial charge in [-0.25, -0.2) is 13.4 Å². The number of rotatable bonds is 5. The van der Waals surface area contributed by atoms with E-state index in [0.717, 1.165) is 35.1 Å². The van der Waals surface area contributed by atoms with Gasteiger partial charge in [-0.15, -0.1) is 0 Å². The molecule has 140 valence electrons. The highest BCUT2D eigenvalue weighted by molar-refractivity contribution is 7.89. The van der Waals surface area contributed by atoms with Crippen LogP contribution in [0.5, 0.6) is 0 Å². The van der Waals surface area contributed by atoms with Crippen molar-refractivity contribution < 1.29 is 8.42 Å². The summed E-state index contributed by atoms with van der Waals surface area (Å²) in [6, 6.07) is 16.5. The maximum atomic E-state index is 12.7. The number of aromatic nitrogens is 1. The van der Waals surface area contributed by atoms with Crippen molar-refractivity contribution >= 4 is 38.3 Å². The fourth-order valence-corrected chi connectivity index (χ4v) is 5.02. The summed E-state index contributed by atoms with van der Waals surface area (Å²) in [7, 11) is -3.42. The standard InChI is InChI=1S/C20H20ClN3O2S/c21-18-6-2-1-5-16(18)14-22-20-10-7-15-13-17(8-9-19(15)23-20)27(25,26)24-11-3-4-12-24/h1-2,5-10,13H,3-4,11-12,14H2,(H,22,23). The molecule has 0 atom stereocenters. The van der Waals surface area contributed by atoms with E-state index < -0.39 is 10.0 Å². The molecule has 27 heavy (non-hydrogen) atoms. The predicted octanol–water partition coefficient (Wildman–Crippen LogP) is 4.28. The Kier molecular flexibility index (Phi) is 5.04. The molecule has 1 fully saturated rings. The van der Waals surface area contributed by atoms with E-state index in [4.69, 9.17) is 11.6 Å². The van der Waals surface area contributed by atoms with Gasteiger partial charge >= 0.3 is 0 Å². The molecular weight excluding hydrogens is 382 g/mol. The van der Waals surface area contributed by atoms with Crippen LogP contribution >= 0.6 is 11.6 Å². The fraction of sp³-hybridized carbons (Fsp3) is 0.250. The summed E-state index contributed by atoms with van der Waals surface area (Å²) in [5, 5.41) is 4.78. The molecule has 1 aliphatic rings. The summed E-state index contributed by atoms with van der Waals surface area (Å²) >= 11 is 6.18.